The zero-order chi connectivity index (χ0) is 22.1. The lowest BCUT2D eigenvalue weighted by molar-refractivity contribution is 0.0767. The number of carbonyl (C=O) groups excluding carboxylic acids is 1. The van der Waals surface area contributed by atoms with Crippen molar-refractivity contribution in [2.45, 2.75) is 0 Å². The number of piperazine rings is 1. The number of aromatic nitrogens is 2. The van der Waals surface area contributed by atoms with Gasteiger partial charge in [-0.2, -0.15) is 11.8 Å². The number of fused-ring (bicyclic) bond motifs is 1. The number of carbonyl (C=O) groups is 1. The first-order valence-electron chi connectivity index (χ1n) is 10.7. The maximum absolute atomic E-state index is 13.1. The van der Waals surface area contributed by atoms with E-state index in [9.17, 15) is 4.79 Å². The van der Waals surface area contributed by atoms with Crippen LogP contribution < -0.4 is 9.80 Å². The summed E-state index contributed by atoms with van der Waals surface area (Å²) in [5.74, 6) is 2.75. The lowest BCUT2D eigenvalue weighted by Crippen LogP contribution is -2.47. The van der Waals surface area contributed by atoms with E-state index in [-0.39, 0.29) is 5.91 Å². The van der Waals surface area contributed by atoms with Crippen LogP contribution in [0, 0.1) is 0 Å². The highest BCUT2D eigenvalue weighted by molar-refractivity contribution is 7.99. The van der Waals surface area contributed by atoms with Gasteiger partial charge in [0.2, 0.25) is 0 Å². The Morgan fingerprint density at radius 2 is 1.50 bits per heavy atom. The third kappa shape index (κ3) is 4.21. The number of rotatable bonds is 3. The minimum atomic E-state index is -0.0232. The third-order valence-electron chi connectivity index (χ3n) is 6.02. The highest BCUT2D eigenvalue weighted by Crippen LogP contribution is 2.30. The number of amides is 1. The first-order chi connectivity index (χ1) is 15.6. The predicted octanol–water partition coefficient (Wildman–Crippen LogP) is 4.45. The van der Waals surface area contributed by atoms with Gasteiger partial charge in [-0.25, -0.2) is 0 Å². The van der Waals surface area contributed by atoms with Crippen LogP contribution in [0.1, 0.15) is 10.5 Å². The molecule has 0 saturated carbocycles. The van der Waals surface area contributed by atoms with Crippen LogP contribution >= 0.6 is 35.0 Å². The average molecular weight is 488 g/mol. The van der Waals surface area contributed by atoms with Gasteiger partial charge in [0.05, 0.1) is 10.0 Å². The fourth-order valence-electron chi connectivity index (χ4n) is 4.26. The van der Waals surface area contributed by atoms with Gasteiger partial charge < -0.3 is 14.7 Å². The Kier molecular flexibility index (Phi) is 6.31. The lowest BCUT2D eigenvalue weighted by atomic mass is 10.1. The SMILES string of the molecule is O=C(c1nnc(N2CCN(c3ccc(Cl)c(Cl)c3)CC2)c2ccccc12)N1CCSCC1. The molecule has 2 aliphatic heterocycles. The summed E-state index contributed by atoms with van der Waals surface area (Å²) in [6.07, 6.45) is 0. The van der Waals surface area contributed by atoms with E-state index in [4.69, 9.17) is 23.2 Å². The largest absolute Gasteiger partial charge is 0.368 e. The summed E-state index contributed by atoms with van der Waals surface area (Å²) >= 11 is 14.1. The van der Waals surface area contributed by atoms with Gasteiger partial charge >= 0.3 is 0 Å². The molecule has 2 fully saturated rings. The molecule has 166 valence electrons. The van der Waals surface area contributed by atoms with Crippen LogP contribution in [0.15, 0.2) is 42.5 Å². The van der Waals surface area contributed by atoms with Crippen LogP contribution in [-0.4, -0.2) is 71.8 Å². The molecule has 2 aromatic carbocycles. The van der Waals surface area contributed by atoms with Crippen LogP contribution in [0.3, 0.4) is 0 Å². The maximum Gasteiger partial charge on any atom is 0.275 e. The topological polar surface area (TPSA) is 52.6 Å². The molecule has 9 heteroatoms. The van der Waals surface area contributed by atoms with Gasteiger partial charge in [-0.3, -0.25) is 4.79 Å². The molecule has 0 N–H and O–H groups in total. The van der Waals surface area contributed by atoms with E-state index in [2.05, 4.69) is 20.0 Å². The van der Waals surface area contributed by atoms with Crippen molar-refractivity contribution in [1.29, 1.82) is 0 Å². The van der Waals surface area contributed by atoms with Crippen molar-refractivity contribution in [1.82, 2.24) is 15.1 Å². The van der Waals surface area contributed by atoms with Gasteiger partial charge in [-0.1, -0.05) is 47.5 Å². The summed E-state index contributed by atoms with van der Waals surface area (Å²) in [7, 11) is 0. The molecule has 2 saturated heterocycles. The van der Waals surface area contributed by atoms with E-state index in [1.165, 1.54) is 0 Å². The van der Waals surface area contributed by atoms with Crippen molar-refractivity contribution < 1.29 is 4.79 Å². The van der Waals surface area contributed by atoms with Crippen LogP contribution in [0.5, 0.6) is 0 Å². The molecule has 0 radical (unpaired) electrons. The average Bonchev–Trinajstić information content (AvgIpc) is 2.85. The van der Waals surface area contributed by atoms with Crippen LogP contribution in [-0.2, 0) is 0 Å². The molecular weight excluding hydrogens is 465 g/mol. The minimum Gasteiger partial charge on any atom is -0.368 e. The lowest BCUT2D eigenvalue weighted by Gasteiger charge is -2.37. The van der Waals surface area contributed by atoms with Gasteiger partial charge in [0.1, 0.15) is 0 Å². The van der Waals surface area contributed by atoms with Crippen molar-refractivity contribution in [3.8, 4) is 0 Å². The second kappa shape index (κ2) is 9.33. The van der Waals surface area contributed by atoms with E-state index >= 15 is 0 Å². The Labute approximate surface area is 201 Å². The molecular formula is C23H23Cl2N5OS. The highest BCUT2D eigenvalue weighted by atomic mass is 35.5. The molecule has 6 nitrogen and oxygen atoms in total. The number of hydrogen-bond acceptors (Lipinski definition) is 6. The molecule has 1 amide bonds. The van der Waals surface area contributed by atoms with E-state index in [0.717, 1.165) is 73.1 Å². The van der Waals surface area contributed by atoms with Crippen molar-refractivity contribution in [3.63, 3.8) is 0 Å². The molecule has 0 bridgehead atoms. The smallest absolute Gasteiger partial charge is 0.275 e. The van der Waals surface area contributed by atoms with E-state index < -0.39 is 0 Å². The first-order valence-corrected chi connectivity index (χ1v) is 12.6. The summed E-state index contributed by atoms with van der Waals surface area (Å²) < 4.78 is 0. The number of nitrogens with zero attached hydrogens (tertiary/aromatic N) is 5. The van der Waals surface area contributed by atoms with Crippen molar-refractivity contribution in [3.05, 3.63) is 58.2 Å². The number of anilines is 2. The Bertz CT molecular complexity index is 1150. The quantitative estimate of drug-likeness (QED) is 0.543. The molecule has 2 aliphatic rings. The Morgan fingerprint density at radius 3 is 2.22 bits per heavy atom. The fraction of sp³-hybridized carbons (Fsp3) is 0.348. The molecule has 0 aliphatic carbocycles. The Balaban J connectivity index is 1.38. The van der Waals surface area contributed by atoms with E-state index in [1.54, 1.807) is 0 Å². The molecule has 32 heavy (non-hydrogen) atoms. The van der Waals surface area contributed by atoms with Gasteiger partial charge in [-0.15, -0.1) is 10.2 Å². The number of thioether (sulfide) groups is 1. The molecule has 3 aromatic rings. The first kappa shape index (κ1) is 21.6. The van der Waals surface area contributed by atoms with Crippen LogP contribution in [0.25, 0.3) is 10.8 Å². The summed E-state index contributed by atoms with van der Waals surface area (Å²) in [5, 5.41) is 11.9. The fourth-order valence-corrected chi connectivity index (χ4v) is 5.45. The normalized spacial score (nSPS) is 17.1. The van der Waals surface area contributed by atoms with E-state index in [0.29, 0.717) is 15.7 Å². The Morgan fingerprint density at radius 1 is 0.812 bits per heavy atom. The summed E-state index contributed by atoms with van der Waals surface area (Å²) in [6, 6.07) is 13.7. The second-order valence-electron chi connectivity index (χ2n) is 7.89. The monoisotopic (exact) mass is 487 g/mol. The van der Waals surface area contributed by atoms with Crippen molar-refractivity contribution >= 4 is 63.1 Å². The summed E-state index contributed by atoms with van der Waals surface area (Å²) in [4.78, 5) is 19.6. The van der Waals surface area contributed by atoms with Crippen LogP contribution in [0.4, 0.5) is 11.5 Å². The molecule has 0 spiro atoms. The minimum absolute atomic E-state index is 0.0232. The van der Waals surface area contributed by atoms with Crippen molar-refractivity contribution in [2.75, 3.05) is 60.6 Å². The molecule has 1 aromatic heterocycles. The third-order valence-corrected chi connectivity index (χ3v) is 7.70. The Hall–Kier alpha value is -2.22. The number of halogens is 2. The van der Waals surface area contributed by atoms with E-state index in [1.807, 2.05) is 59.1 Å². The standard InChI is InChI=1S/C23H23Cl2N5OS/c24-19-6-5-16(15-20(19)25)28-7-9-29(10-8-28)22-18-4-2-1-3-17(18)21(26-27-22)23(31)30-11-13-32-14-12-30/h1-6,15H,7-14H2. The zero-order valence-corrected chi connectivity index (χ0v) is 19.8. The van der Waals surface area contributed by atoms with Gasteiger partial charge in [-0.05, 0) is 18.2 Å². The second-order valence-corrected chi connectivity index (χ2v) is 9.93. The summed E-state index contributed by atoms with van der Waals surface area (Å²) in [6.45, 7) is 4.79. The maximum atomic E-state index is 13.1. The highest BCUT2D eigenvalue weighted by Gasteiger charge is 2.26. The summed E-state index contributed by atoms with van der Waals surface area (Å²) in [5.41, 5.74) is 1.52. The predicted molar refractivity (Wildman–Crippen MR) is 134 cm³/mol. The van der Waals surface area contributed by atoms with Gasteiger partial charge in [0, 0.05) is 67.2 Å². The molecule has 5 rings (SSSR count). The molecule has 3 heterocycles. The number of hydrogen-bond donors (Lipinski definition) is 0. The zero-order valence-electron chi connectivity index (χ0n) is 17.5. The number of benzene rings is 2. The molecule has 0 atom stereocenters. The van der Waals surface area contributed by atoms with Crippen LogP contribution in [0.2, 0.25) is 10.0 Å². The van der Waals surface area contributed by atoms with Crippen molar-refractivity contribution in [2.24, 2.45) is 0 Å². The van der Waals surface area contributed by atoms with Gasteiger partial charge in [0.25, 0.3) is 5.91 Å². The molecule has 0 unspecified atom stereocenters. The van der Waals surface area contributed by atoms with Gasteiger partial charge in [0.15, 0.2) is 11.5 Å².